The van der Waals surface area contributed by atoms with E-state index in [1.165, 1.54) is 19.1 Å². The van der Waals surface area contributed by atoms with Crippen LogP contribution in [0, 0.1) is 0 Å². The Morgan fingerprint density at radius 2 is 2.33 bits per heavy atom. The van der Waals surface area contributed by atoms with Crippen LogP contribution in [0.5, 0.6) is 0 Å². The molecule has 64 valence electrons. The number of nitrogens with zero attached hydrogens (tertiary/aromatic N) is 2. The highest BCUT2D eigenvalue weighted by molar-refractivity contribution is 6.29. The first-order chi connectivity index (χ1) is 5.59. The van der Waals surface area contributed by atoms with Gasteiger partial charge in [0, 0.05) is 6.07 Å². The molecule has 0 aromatic carbocycles. The van der Waals surface area contributed by atoms with Crippen molar-refractivity contribution in [1.29, 1.82) is 0 Å². The maximum absolute atomic E-state index is 11.0. The molecule has 0 bridgehead atoms. The highest BCUT2D eigenvalue weighted by atomic mass is 35.5. The zero-order chi connectivity index (χ0) is 9.14. The Kier molecular flexibility index (Phi) is 2.60. The van der Waals surface area contributed by atoms with Crippen molar-refractivity contribution in [3.8, 4) is 0 Å². The summed E-state index contributed by atoms with van der Waals surface area (Å²) in [4.78, 5) is 21.6. The van der Waals surface area contributed by atoms with Crippen LogP contribution in [0.15, 0.2) is 16.9 Å². The van der Waals surface area contributed by atoms with Crippen molar-refractivity contribution in [3.05, 3.63) is 27.6 Å². The molecule has 4 nitrogen and oxygen atoms in total. The molecule has 0 aliphatic rings. The number of ketones is 1. The molecule has 0 N–H and O–H groups in total. The van der Waals surface area contributed by atoms with Gasteiger partial charge in [-0.25, -0.2) is 4.68 Å². The molecule has 1 heterocycles. The molecule has 12 heavy (non-hydrogen) atoms. The lowest BCUT2D eigenvalue weighted by molar-refractivity contribution is -0.117. The summed E-state index contributed by atoms with van der Waals surface area (Å²) in [6, 6.07) is 2.67. The van der Waals surface area contributed by atoms with Crippen molar-refractivity contribution in [2.75, 3.05) is 0 Å². The van der Waals surface area contributed by atoms with Gasteiger partial charge >= 0.3 is 0 Å². The normalized spacial score (nSPS) is 9.83. The minimum absolute atomic E-state index is 0.0284. The van der Waals surface area contributed by atoms with Gasteiger partial charge in [0.2, 0.25) is 0 Å². The van der Waals surface area contributed by atoms with Gasteiger partial charge in [0.15, 0.2) is 5.78 Å². The van der Waals surface area contributed by atoms with Crippen LogP contribution in [0.4, 0.5) is 0 Å². The van der Waals surface area contributed by atoms with Crippen LogP contribution in [0.1, 0.15) is 6.92 Å². The third-order valence-electron chi connectivity index (χ3n) is 1.21. The highest BCUT2D eigenvalue weighted by Crippen LogP contribution is 1.97. The van der Waals surface area contributed by atoms with Crippen molar-refractivity contribution in [1.82, 2.24) is 9.78 Å². The van der Waals surface area contributed by atoms with E-state index in [9.17, 15) is 9.59 Å². The number of rotatable bonds is 2. The Bertz CT molecular complexity index is 359. The zero-order valence-electron chi connectivity index (χ0n) is 6.45. The van der Waals surface area contributed by atoms with Gasteiger partial charge in [-0.15, -0.1) is 0 Å². The number of halogens is 1. The molecular formula is C7H7ClN2O2. The summed E-state index contributed by atoms with van der Waals surface area (Å²) in [6.45, 7) is 1.36. The van der Waals surface area contributed by atoms with E-state index in [1.807, 2.05) is 0 Å². The quantitative estimate of drug-likeness (QED) is 0.675. The molecule has 0 saturated heterocycles. The largest absolute Gasteiger partial charge is 0.298 e. The van der Waals surface area contributed by atoms with E-state index in [0.717, 1.165) is 4.68 Å². The predicted octanol–water partition coefficient (Wildman–Crippen LogP) is 0.486. The minimum atomic E-state index is -0.324. The Labute approximate surface area is 73.8 Å². The molecule has 0 aliphatic carbocycles. The van der Waals surface area contributed by atoms with E-state index >= 15 is 0 Å². The van der Waals surface area contributed by atoms with Crippen molar-refractivity contribution in [3.63, 3.8) is 0 Å². The highest BCUT2D eigenvalue weighted by Gasteiger charge is 2.00. The van der Waals surface area contributed by atoms with E-state index in [1.54, 1.807) is 0 Å². The second kappa shape index (κ2) is 3.49. The van der Waals surface area contributed by atoms with Gasteiger partial charge in [-0.05, 0) is 13.0 Å². The first-order valence-electron chi connectivity index (χ1n) is 3.32. The lowest BCUT2D eigenvalue weighted by atomic mass is 10.4. The fraction of sp³-hybridized carbons (Fsp3) is 0.286. The van der Waals surface area contributed by atoms with Crippen LogP contribution in [0.3, 0.4) is 0 Å². The third-order valence-corrected chi connectivity index (χ3v) is 1.41. The van der Waals surface area contributed by atoms with E-state index < -0.39 is 0 Å². The second-order valence-electron chi connectivity index (χ2n) is 2.35. The summed E-state index contributed by atoms with van der Waals surface area (Å²) >= 11 is 5.52. The third kappa shape index (κ3) is 2.17. The number of aromatic nitrogens is 2. The van der Waals surface area contributed by atoms with E-state index in [4.69, 9.17) is 11.6 Å². The van der Waals surface area contributed by atoms with Crippen LogP contribution in [-0.2, 0) is 11.3 Å². The molecule has 1 aromatic rings. The summed E-state index contributed by atoms with van der Waals surface area (Å²) < 4.78 is 1.03. The van der Waals surface area contributed by atoms with Crippen molar-refractivity contribution < 1.29 is 4.79 Å². The summed E-state index contributed by atoms with van der Waals surface area (Å²) in [5, 5.41) is 3.87. The number of hydrogen-bond acceptors (Lipinski definition) is 3. The number of Topliss-reactive ketones (excluding diaryl/α,β-unsaturated/α-hetero) is 1. The fourth-order valence-electron chi connectivity index (χ4n) is 0.748. The van der Waals surface area contributed by atoms with Crippen molar-refractivity contribution in [2.24, 2.45) is 0 Å². The van der Waals surface area contributed by atoms with Gasteiger partial charge in [0.05, 0.1) is 0 Å². The van der Waals surface area contributed by atoms with E-state index in [-0.39, 0.29) is 23.0 Å². The minimum Gasteiger partial charge on any atom is -0.298 e. The topological polar surface area (TPSA) is 52.0 Å². The van der Waals surface area contributed by atoms with Crippen LogP contribution >= 0.6 is 11.6 Å². The van der Waals surface area contributed by atoms with Crippen LogP contribution < -0.4 is 5.56 Å². The van der Waals surface area contributed by atoms with Gasteiger partial charge in [-0.3, -0.25) is 9.59 Å². The number of carbonyl (C=O) groups excluding carboxylic acids is 1. The molecule has 0 amide bonds. The standard InChI is InChI=1S/C7H7ClN2O2/c1-5(11)4-10-7(12)3-2-6(8)9-10/h2-3H,4H2,1H3. The maximum Gasteiger partial charge on any atom is 0.267 e. The van der Waals surface area contributed by atoms with Crippen molar-refractivity contribution in [2.45, 2.75) is 13.5 Å². The molecule has 0 saturated carbocycles. The average Bonchev–Trinajstić information content (AvgIpc) is 1.96. The first kappa shape index (κ1) is 8.93. The van der Waals surface area contributed by atoms with Crippen LogP contribution in [0.25, 0.3) is 0 Å². The number of hydrogen-bond donors (Lipinski definition) is 0. The lowest BCUT2D eigenvalue weighted by Crippen LogP contribution is -2.24. The summed E-state index contributed by atoms with van der Waals surface area (Å²) in [5.74, 6) is -0.133. The lowest BCUT2D eigenvalue weighted by Gasteiger charge is -1.99. The van der Waals surface area contributed by atoms with Gasteiger partial charge in [-0.2, -0.15) is 5.10 Å². The Morgan fingerprint density at radius 3 is 2.92 bits per heavy atom. The molecule has 0 unspecified atom stereocenters. The monoisotopic (exact) mass is 186 g/mol. The van der Waals surface area contributed by atoms with Gasteiger partial charge in [-0.1, -0.05) is 11.6 Å². The molecule has 5 heteroatoms. The zero-order valence-corrected chi connectivity index (χ0v) is 7.21. The molecular weight excluding hydrogens is 180 g/mol. The van der Waals surface area contributed by atoms with E-state index in [2.05, 4.69) is 5.10 Å². The van der Waals surface area contributed by atoms with Crippen molar-refractivity contribution >= 4 is 17.4 Å². The fourth-order valence-corrected chi connectivity index (χ4v) is 0.902. The molecule has 0 aliphatic heterocycles. The van der Waals surface area contributed by atoms with Gasteiger partial charge in [0.25, 0.3) is 5.56 Å². The Morgan fingerprint density at radius 1 is 1.67 bits per heavy atom. The summed E-state index contributed by atoms with van der Waals surface area (Å²) in [5.41, 5.74) is -0.324. The molecule has 0 atom stereocenters. The average molecular weight is 187 g/mol. The van der Waals surface area contributed by atoms with Gasteiger partial charge < -0.3 is 0 Å². The maximum atomic E-state index is 11.0. The van der Waals surface area contributed by atoms with Crippen LogP contribution in [0.2, 0.25) is 5.15 Å². The summed E-state index contributed by atoms with van der Waals surface area (Å²) in [6.07, 6.45) is 0. The van der Waals surface area contributed by atoms with Crippen LogP contribution in [-0.4, -0.2) is 15.6 Å². The first-order valence-corrected chi connectivity index (χ1v) is 3.70. The molecule has 0 fully saturated rings. The summed E-state index contributed by atoms with van der Waals surface area (Å²) in [7, 11) is 0. The second-order valence-corrected chi connectivity index (χ2v) is 2.74. The smallest absolute Gasteiger partial charge is 0.267 e. The van der Waals surface area contributed by atoms with E-state index in [0.29, 0.717) is 0 Å². The Hall–Kier alpha value is -1.16. The molecule has 0 spiro atoms. The van der Waals surface area contributed by atoms with Gasteiger partial charge in [0.1, 0.15) is 11.7 Å². The SMILES string of the molecule is CC(=O)Cn1nc(Cl)ccc1=O. The molecule has 1 aromatic heterocycles. The molecule has 1 rings (SSSR count). The molecule has 0 radical (unpaired) electrons. The Balaban J connectivity index is 3.06. The number of carbonyl (C=O) groups is 1. The predicted molar refractivity (Wildman–Crippen MR) is 44.2 cm³/mol.